The van der Waals surface area contributed by atoms with Crippen LogP contribution in [0.1, 0.15) is 5.56 Å². The van der Waals surface area contributed by atoms with E-state index in [1.807, 2.05) is 50.0 Å². The van der Waals surface area contributed by atoms with Crippen LogP contribution in [0.3, 0.4) is 0 Å². The Labute approximate surface area is 181 Å². The molecule has 1 saturated heterocycles. The number of rotatable bonds is 6. The molecule has 2 amide bonds. The van der Waals surface area contributed by atoms with Gasteiger partial charge in [0.1, 0.15) is 17.1 Å². The molecule has 0 spiro atoms. The standard InChI is InChI=1S/C19H23BrN2O5SSi/c1-29(2,3)19-12(10-20)15(18(25)26)22-16(24)14(17(22)28(19)27)21-13(23)9-11-7-5-4-6-8-11/h4-8,14,17,19H,9-10H2,1-3H3,(H,21,23)(H,25,26)/t14?,17-,19?,28?/m1/s1. The molecule has 29 heavy (non-hydrogen) atoms. The minimum absolute atomic E-state index is 0.0930. The molecule has 2 aliphatic rings. The molecule has 0 bridgehead atoms. The van der Waals surface area contributed by atoms with Gasteiger partial charge >= 0.3 is 5.97 Å². The van der Waals surface area contributed by atoms with Crippen molar-refractivity contribution < 1.29 is 23.7 Å². The highest BCUT2D eigenvalue weighted by Crippen LogP contribution is 2.41. The van der Waals surface area contributed by atoms with Crippen molar-refractivity contribution in [3.8, 4) is 0 Å². The van der Waals surface area contributed by atoms with E-state index in [0.717, 1.165) is 10.5 Å². The molecule has 3 rings (SSSR count). The Morgan fingerprint density at radius 1 is 1.24 bits per heavy atom. The number of nitrogens with one attached hydrogen (secondary N) is 1. The summed E-state index contributed by atoms with van der Waals surface area (Å²) in [6.07, 6.45) is 0.0930. The number of halogens is 1. The van der Waals surface area contributed by atoms with Gasteiger partial charge in [0.2, 0.25) is 5.91 Å². The van der Waals surface area contributed by atoms with Gasteiger partial charge in [-0.3, -0.25) is 18.7 Å². The maximum absolute atomic E-state index is 13.4. The molecule has 1 fully saturated rings. The lowest BCUT2D eigenvalue weighted by atomic mass is 10.0. The number of hydrogen-bond acceptors (Lipinski definition) is 4. The summed E-state index contributed by atoms with van der Waals surface area (Å²) in [5.41, 5.74) is 1.19. The summed E-state index contributed by atoms with van der Waals surface area (Å²) >= 11 is 3.32. The van der Waals surface area contributed by atoms with Crippen LogP contribution in [0.2, 0.25) is 19.6 Å². The third-order valence-electron chi connectivity index (χ3n) is 5.03. The Kier molecular flexibility index (Phi) is 6.16. The Morgan fingerprint density at radius 3 is 2.38 bits per heavy atom. The summed E-state index contributed by atoms with van der Waals surface area (Å²) < 4.78 is 13.4. The number of fused-ring (bicyclic) bond motifs is 1. The van der Waals surface area contributed by atoms with Gasteiger partial charge in [-0.1, -0.05) is 65.9 Å². The van der Waals surface area contributed by atoms with Crippen LogP contribution in [-0.2, 0) is 31.6 Å². The number of aliphatic carboxylic acids is 1. The Morgan fingerprint density at radius 2 is 1.86 bits per heavy atom. The number of amides is 2. The zero-order valence-corrected chi connectivity index (χ0v) is 19.7. The molecule has 0 radical (unpaired) electrons. The van der Waals surface area contributed by atoms with Crippen molar-refractivity contribution in [1.29, 1.82) is 0 Å². The summed E-state index contributed by atoms with van der Waals surface area (Å²) in [6, 6.07) is 8.12. The summed E-state index contributed by atoms with van der Waals surface area (Å²) in [5.74, 6) is -2.11. The second kappa shape index (κ2) is 8.15. The number of carbonyl (C=O) groups excluding carboxylic acids is 2. The molecular formula is C19H23BrN2O5SSi. The van der Waals surface area contributed by atoms with E-state index in [1.54, 1.807) is 0 Å². The van der Waals surface area contributed by atoms with Crippen molar-refractivity contribution in [2.75, 3.05) is 5.33 Å². The lowest BCUT2D eigenvalue weighted by Gasteiger charge is -2.52. The fourth-order valence-corrected chi connectivity index (χ4v) is 11.1. The lowest BCUT2D eigenvalue weighted by molar-refractivity contribution is -0.150. The molecule has 2 N–H and O–H groups in total. The molecule has 1 aromatic rings. The van der Waals surface area contributed by atoms with Crippen molar-refractivity contribution in [2.45, 2.75) is 42.4 Å². The van der Waals surface area contributed by atoms with E-state index in [-0.39, 0.29) is 23.4 Å². The van der Waals surface area contributed by atoms with Crippen molar-refractivity contribution in [3.05, 3.63) is 47.2 Å². The summed E-state index contributed by atoms with van der Waals surface area (Å²) in [5, 5.41) is 11.8. The highest BCUT2D eigenvalue weighted by atomic mass is 79.9. The first-order chi connectivity index (χ1) is 13.6. The van der Waals surface area contributed by atoms with Crippen LogP contribution >= 0.6 is 15.9 Å². The third kappa shape index (κ3) is 3.97. The van der Waals surface area contributed by atoms with E-state index in [9.17, 15) is 23.7 Å². The quantitative estimate of drug-likeness (QED) is 0.352. The molecule has 0 saturated carbocycles. The first-order valence-electron chi connectivity index (χ1n) is 9.16. The molecule has 156 valence electrons. The minimum atomic E-state index is -2.08. The van der Waals surface area contributed by atoms with Gasteiger partial charge in [-0.25, -0.2) is 4.79 Å². The molecule has 2 aliphatic heterocycles. The number of nitrogens with zero attached hydrogens (tertiary/aromatic N) is 1. The van der Waals surface area contributed by atoms with Gasteiger partial charge in [0.25, 0.3) is 5.91 Å². The van der Waals surface area contributed by atoms with Crippen LogP contribution in [0.25, 0.3) is 0 Å². The van der Waals surface area contributed by atoms with E-state index in [2.05, 4.69) is 21.2 Å². The summed E-state index contributed by atoms with van der Waals surface area (Å²) in [6.45, 7) is 6.07. The van der Waals surface area contributed by atoms with Crippen LogP contribution in [-0.4, -0.2) is 61.7 Å². The van der Waals surface area contributed by atoms with Crippen LogP contribution in [0.4, 0.5) is 0 Å². The number of hydrogen-bond donors (Lipinski definition) is 2. The molecule has 1 aromatic carbocycles. The molecular weight excluding hydrogens is 476 g/mol. The normalized spacial score (nSPS) is 26.6. The van der Waals surface area contributed by atoms with E-state index in [1.165, 1.54) is 0 Å². The van der Waals surface area contributed by atoms with Crippen LogP contribution < -0.4 is 5.32 Å². The van der Waals surface area contributed by atoms with Gasteiger partial charge in [-0.05, 0) is 11.1 Å². The zero-order chi connectivity index (χ0) is 21.5. The minimum Gasteiger partial charge on any atom is -0.477 e. The second-order valence-corrected chi connectivity index (χ2v) is 16.1. The molecule has 2 heterocycles. The number of carboxylic acid groups (broad SMARTS) is 1. The predicted octanol–water partition coefficient (Wildman–Crippen LogP) is 1.62. The molecule has 4 atom stereocenters. The number of β-lactam (4-membered cyclic amide) rings is 1. The molecule has 7 nitrogen and oxygen atoms in total. The van der Waals surface area contributed by atoms with Crippen molar-refractivity contribution >= 4 is 52.6 Å². The molecule has 10 heteroatoms. The average Bonchev–Trinajstić information content (AvgIpc) is 2.64. The monoisotopic (exact) mass is 498 g/mol. The smallest absolute Gasteiger partial charge is 0.352 e. The van der Waals surface area contributed by atoms with Crippen molar-refractivity contribution in [3.63, 3.8) is 0 Å². The maximum Gasteiger partial charge on any atom is 0.352 e. The number of benzene rings is 1. The molecule has 0 aromatic heterocycles. The van der Waals surface area contributed by atoms with Gasteiger partial charge < -0.3 is 10.4 Å². The van der Waals surface area contributed by atoms with Crippen molar-refractivity contribution in [1.82, 2.24) is 10.2 Å². The van der Waals surface area contributed by atoms with Crippen molar-refractivity contribution in [2.24, 2.45) is 0 Å². The lowest BCUT2D eigenvalue weighted by Crippen LogP contribution is -2.76. The van der Waals surface area contributed by atoms with E-state index in [0.29, 0.717) is 5.57 Å². The highest BCUT2D eigenvalue weighted by Gasteiger charge is 2.61. The fourth-order valence-electron chi connectivity index (χ4n) is 3.88. The van der Waals surface area contributed by atoms with E-state index in [4.69, 9.17) is 0 Å². The Bertz CT molecular complexity index is 915. The van der Waals surface area contributed by atoms with Crippen LogP contribution in [0, 0.1) is 0 Å². The average molecular weight is 499 g/mol. The third-order valence-corrected chi connectivity index (χ3v) is 12.1. The van der Waals surface area contributed by atoms with Gasteiger partial charge in [0.15, 0.2) is 0 Å². The number of carbonyl (C=O) groups is 3. The first-order valence-corrected chi connectivity index (χ1v) is 15.1. The number of carboxylic acids is 1. The van der Waals surface area contributed by atoms with E-state index >= 15 is 0 Å². The number of alkyl halides is 1. The Balaban J connectivity index is 1.90. The second-order valence-electron chi connectivity index (χ2n) is 8.19. The summed E-state index contributed by atoms with van der Waals surface area (Å²) in [4.78, 5) is 37.8. The van der Waals surface area contributed by atoms with Gasteiger partial charge in [0.05, 0.1) is 30.2 Å². The zero-order valence-electron chi connectivity index (χ0n) is 16.3. The topological polar surface area (TPSA) is 104 Å². The maximum atomic E-state index is 13.4. The van der Waals surface area contributed by atoms with Crippen LogP contribution in [0.5, 0.6) is 0 Å². The first kappa shape index (κ1) is 21.9. The highest BCUT2D eigenvalue weighted by molar-refractivity contribution is 9.09. The SMILES string of the molecule is C[Si](C)(C)C1C(CBr)=C(C(=O)O)N2C(=O)C(NC(=O)Cc3ccccc3)[C@H]2S1=O. The molecule has 0 aliphatic carbocycles. The molecule has 3 unspecified atom stereocenters. The fraction of sp³-hybridized carbons (Fsp3) is 0.421. The van der Waals surface area contributed by atoms with Crippen LogP contribution in [0.15, 0.2) is 41.6 Å². The predicted molar refractivity (Wildman–Crippen MR) is 116 cm³/mol. The van der Waals surface area contributed by atoms with E-state index < -0.39 is 47.0 Å². The van der Waals surface area contributed by atoms with Gasteiger partial charge in [-0.2, -0.15) is 0 Å². The Hall–Kier alpha value is -1.78. The van der Waals surface area contributed by atoms with Gasteiger partial charge in [0, 0.05) is 5.33 Å². The van der Waals surface area contributed by atoms with Gasteiger partial charge in [-0.15, -0.1) is 0 Å². The summed E-state index contributed by atoms with van der Waals surface area (Å²) in [7, 11) is -3.60. The largest absolute Gasteiger partial charge is 0.477 e.